The zero-order chi connectivity index (χ0) is 12.5. The monoisotopic (exact) mass is 236 g/mol. The Balaban J connectivity index is 2.14. The van der Waals surface area contributed by atoms with E-state index in [0.717, 1.165) is 44.0 Å². The molecule has 0 aliphatic heterocycles. The molecule has 0 bridgehead atoms. The Kier molecular flexibility index (Phi) is 6.48. The fourth-order valence-corrected chi connectivity index (χ4v) is 1.63. The summed E-state index contributed by atoms with van der Waals surface area (Å²) < 4.78 is 5.50. The molecule has 0 unspecified atom stereocenters. The molecule has 0 aliphatic rings. The van der Waals surface area contributed by atoms with Gasteiger partial charge in [-0.05, 0) is 43.5 Å². The van der Waals surface area contributed by atoms with E-state index in [1.165, 1.54) is 12.0 Å². The van der Waals surface area contributed by atoms with E-state index in [1.807, 2.05) is 18.2 Å². The standard InChI is InChI=1S/C14H24N2O/c1-3-4-9-17-10-5-8-16-14-7-6-13(15)11-12(14)2/h6-7,11,16H,3-5,8-10,15H2,1-2H3. The minimum absolute atomic E-state index is 0.816. The second-order valence-corrected chi connectivity index (χ2v) is 4.32. The van der Waals surface area contributed by atoms with Crippen LogP contribution in [0.15, 0.2) is 18.2 Å². The van der Waals surface area contributed by atoms with Crippen LogP contribution >= 0.6 is 0 Å². The molecular weight excluding hydrogens is 212 g/mol. The van der Waals surface area contributed by atoms with Crippen LogP contribution in [0.3, 0.4) is 0 Å². The third kappa shape index (κ3) is 5.59. The first-order valence-electron chi connectivity index (χ1n) is 6.41. The van der Waals surface area contributed by atoms with E-state index in [-0.39, 0.29) is 0 Å². The first-order chi connectivity index (χ1) is 8.24. The SMILES string of the molecule is CCCCOCCCNc1ccc(N)cc1C. The van der Waals surface area contributed by atoms with E-state index in [1.54, 1.807) is 0 Å². The number of aryl methyl sites for hydroxylation is 1. The molecular formula is C14H24N2O. The number of ether oxygens (including phenoxy) is 1. The molecule has 1 aromatic rings. The van der Waals surface area contributed by atoms with Crippen molar-refractivity contribution in [2.75, 3.05) is 30.8 Å². The lowest BCUT2D eigenvalue weighted by Gasteiger charge is -2.10. The summed E-state index contributed by atoms with van der Waals surface area (Å²) in [5, 5.41) is 3.40. The van der Waals surface area contributed by atoms with Crippen molar-refractivity contribution in [1.29, 1.82) is 0 Å². The summed E-state index contributed by atoms with van der Waals surface area (Å²) in [4.78, 5) is 0. The van der Waals surface area contributed by atoms with E-state index in [4.69, 9.17) is 10.5 Å². The van der Waals surface area contributed by atoms with Gasteiger partial charge in [0, 0.05) is 31.1 Å². The summed E-state index contributed by atoms with van der Waals surface area (Å²) >= 11 is 0. The van der Waals surface area contributed by atoms with Crippen LogP contribution in [0, 0.1) is 6.92 Å². The highest BCUT2D eigenvalue weighted by Gasteiger charge is 1.97. The summed E-state index contributed by atoms with van der Waals surface area (Å²) in [5.41, 5.74) is 8.87. The average molecular weight is 236 g/mol. The molecule has 96 valence electrons. The number of nitrogen functional groups attached to an aromatic ring is 1. The van der Waals surface area contributed by atoms with Gasteiger partial charge in [0.2, 0.25) is 0 Å². The van der Waals surface area contributed by atoms with Crippen molar-refractivity contribution >= 4 is 11.4 Å². The highest BCUT2D eigenvalue weighted by molar-refractivity contribution is 5.57. The van der Waals surface area contributed by atoms with Gasteiger partial charge in [0.05, 0.1) is 0 Å². The van der Waals surface area contributed by atoms with Gasteiger partial charge >= 0.3 is 0 Å². The van der Waals surface area contributed by atoms with Crippen molar-refractivity contribution in [2.45, 2.75) is 33.1 Å². The normalized spacial score (nSPS) is 10.5. The molecule has 3 N–H and O–H groups in total. The van der Waals surface area contributed by atoms with Crippen molar-refractivity contribution in [3.8, 4) is 0 Å². The van der Waals surface area contributed by atoms with Gasteiger partial charge < -0.3 is 15.8 Å². The number of benzene rings is 1. The third-order valence-corrected chi connectivity index (χ3v) is 2.67. The number of hydrogen-bond acceptors (Lipinski definition) is 3. The maximum atomic E-state index is 5.70. The van der Waals surface area contributed by atoms with Gasteiger partial charge in [-0.15, -0.1) is 0 Å². The van der Waals surface area contributed by atoms with Crippen molar-refractivity contribution in [2.24, 2.45) is 0 Å². The van der Waals surface area contributed by atoms with Crippen LogP contribution in [0.2, 0.25) is 0 Å². The fourth-order valence-electron chi connectivity index (χ4n) is 1.63. The minimum atomic E-state index is 0.816. The number of nitrogens with two attached hydrogens (primary N) is 1. The van der Waals surface area contributed by atoms with E-state index in [2.05, 4.69) is 19.2 Å². The molecule has 1 aromatic carbocycles. The lowest BCUT2D eigenvalue weighted by Crippen LogP contribution is -2.07. The maximum absolute atomic E-state index is 5.70. The van der Waals surface area contributed by atoms with Gasteiger partial charge in [-0.2, -0.15) is 0 Å². The molecule has 1 rings (SSSR count). The largest absolute Gasteiger partial charge is 0.399 e. The molecule has 0 saturated carbocycles. The van der Waals surface area contributed by atoms with Crippen LogP contribution < -0.4 is 11.1 Å². The quantitative estimate of drug-likeness (QED) is 0.538. The Hall–Kier alpha value is -1.22. The number of unbranched alkanes of at least 4 members (excludes halogenated alkanes) is 1. The number of anilines is 2. The minimum Gasteiger partial charge on any atom is -0.399 e. The van der Waals surface area contributed by atoms with E-state index < -0.39 is 0 Å². The van der Waals surface area contributed by atoms with Crippen LogP contribution in [-0.2, 0) is 4.74 Å². The topological polar surface area (TPSA) is 47.3 Å². The van der Waals surface area contributed by atoms with Gasteiger partial charge in [0.1, 0.15) is 0 Å². The first kappa shape index (κ1) is 13.8. The summed E-state index contributed by atoms with van der Waals surface area (Å²) in [5.74, 6) is 0. The molecule has 0 amide bonds. The van der Waals surface area contributed by atoms with Crippen molar-refractivity contribution in [1.82, 2.24) is 0 Å². The molecule has 0 spiro atoms. The zero-order valence-electron chi connectivity index (χ0n) is 11.0. The van der Waals surface area contributed by atoms with Crippen LogP contribution in [0.4, 0.5) is 11.4 Å². The first-order valence-corrected chi connectivity index (χ1v) is 6.41. The average Bonchev–Trinajstić information content (AvgIpc) is 2.30. The fraction of sp³-hybridized carbons (Fsp3) is 0.571. The lowest BCUT2D eigenvalue weighted by molar-refractivity contribution is 0.131. The Labute approximate surface area is 104 Å². The Morgan fingerprint density at radius 2 is 2.00 bits per heavy atom. The maximum Gasteiger partial charge on any atom is 0.0482 e. The molecule has 17 heavy (non-hydrogen) atoms. The zero-order valence-corrected chi connectivity index (χ0v) is 11.0. The van der Waals surface area contributed by atoms with Gasteiger partial charge in [-0.3, -0.25) is 0 Å². The highest BCUT2D eigenvalue weighted by atomic mass is 16.5. The van der Waals surface area contributed by atoms with Gasteiger partial charge in [-0.1, -0.05) is 13.3 Å². The molecule has 0 aliphatic carbocycles. The molecule has 3 nitrogen and oxygen atoms in total. The molecule has 0 heterocycles. The molecule has 0 aromatic heterocycles. The predicted octanol–water partition coefficient (Wildman–Crippen LogP) is 3.20. The Morgan fingerprint density at radius 3 is 2.71 bits per heavy atom. The second-order valence-electron chi connectivity index (χ2n) is 4.32. The summed E-state index contributed by atoms with van der Waals surface area (Å²) in [6.07, 6.45) is 3.39. The van der Waals surface area contributed by atoms with Gasteiger partial charge in [0.15, 0.2) is 0 Å². The third-order valence-electron chi connectivity index (χ3n) is 2.67. The number of nitrogens with one attached hydrogen (secondary N) is 1. The van der Waals surface area contributed by atoms with Gasteiger partial charge in [0.25, 0.3) is 0 Å². The van der Waals surface area contributed by atoms with Crippen LogP contribution in [-0.4, -0.2) is 19.8 Å². The summed E-state index contributed by atoms with van der Waals surface area (Å²) in [6, 6.07) is 5.94. The number of rotatable bonds is 8. The summed E-state index contributed by atoms with van der Waals surface area (Å²) in [6.45, 7) is 6.90. The van der Waals surface area contributed by atoms with Crippen LogP contribution in [0.1, 0.15) is 31.7 Å². The Morgan fingerprint density at radius 1 is 1.24 bits per heavy atom. The molecule has 0 fully saturated rings. The molecule has 0 saturated heterocycles. The number of hydrogen-bond donors (Lipinski definition) is 2. The van der Waals surface area contributed by atoms with Crippen LogP contribution in [0.25, 0.3) is 0 Å². The van der Waals surface area contributed by atoms with E-state index in [0.29, 0.717) is 0 Å². The highest BCUT2D eigenvalue weighted by Crippen LogP contribution is 2.17. The second kappa shape index (κ2) is 7.96. The molecule has 0 radical (unpaired) electrons. The van der Waals surface area contributed by atoms with Crippen molar-refractivity contribution in [3.63, 3.8) is 0 Å². The van der Waals surface area contributed by atoms with Crippen molar-refractivity contribution < 1.29 is 4.74 Å². The predicted molar refractivity (Wildman–Crippen MR) is 74.4 cm³/mol. The van der Waals surface area contributed by atoms with E-state index in [9.17, 15) is 0 Å². The lowest BCUT2D eigenvalue weighted by atomic mass is 10.2. The molecule has 3 heteroatoms. The van der Waals surface area contributed by atoms with E-state index >= 15 is 0 Å². The van der Waals surface area contributed by atoms with Crippen molar-refractivity contribution in [3.05, 3.63) is 23.8 Å². The molecule has 0 atom stereocenters. The Bertz CT molecular complexity index is 326. The summed E-state index contributed by atoms with van der Waals surface area (Å²) in [7, 11) is 0. The van der Waals surface area contributed by atoms with Crippen LogP contribution in [0.5, 0.6) is 0 Å². The van der Waals surface area contributed by atoms with Gasteiger partial charge in [-0.25, -0.2) is 0 Å². The smallest absolute Gasteiger partial charge is 0.0482 e.